The molecule has 3 aliphatic heterocycles. The number of halogens is 1. The fraction of sp³-hybridized carbons (Fsp3) is 0.417. The Labute approximate surface area is 200 Å². The summed E-state index contributed by atoms with van der Waals surface area (Å²) in [6.07, 6.45) is 1.90. The van der Waals surface area contributed by atoms with E-state index in [1.807, 2.05) is 31.2 Å². The molecule has 1 aromatic carbocycles. The number of amides is 2. The van der Waals surface area contributed by atoms with Gasteiger partial charge in [0.05, 0.1) is 30.5 Å². The van der Waals surface area contributed by atoms with Crippen molar-refractivity contribution in [3.05, 3.63) is 50.8 Å². The summed E-state index contributed by atoms with van der Waals surface area (Å²) in [6, 6.07) is 5.68. The Balaban J connectivity index is 1.35. The zero-order valence-electron chi connectivity index (χ0n) is 18.5. The highest BCUT2D eigenvalue weighted by atomic mass is 79.9. The molecule has 0 spiro atoms. The molecule has 0 radical (unpaired) electrons. The molecule has 1 atom stereocenters. The quantitative estimate of drug-likeness (QED) is 0.531. The fourth-order valence-corrected chi connectivity index (χ4v) is 5.18. The number of rotatable bonds is 5. The van der Waals surface area contributed by atoms with Crippen LogP contribution in [0, 0.1) is 6.92 Å². The van der Waals surface area contributed by atoms with E-state index in [9.17, 15) is 14.7 Å². The number of nitrogens with zero attached hydrogens (tertiary/aromatic N) is 2. The molecule has 0 aliphatic carbocycles. The smallest absolute Gasteiger partial charge is 0.256 e. The second kappa shape index (κ2) is 9.06. The van der Waals surface area contributed by atoms with E-state index in [2.05, 4.69) is 31.1 Å². The highest BCUT2D eigenvalue weighted by molar-refractivity contribution is 9.10. The highest BCUT2D eigenvalue weighted by Gasteiger charge is 2.31. The van der Waals surface area contributed by atoms with Crippen LogP contribution in [0.1, 0.15) is 32.9 Å². The SMILES string of the molecule is Cc1c(C=C2C(=O)Nc3ccc(Br)cc32)[nH]c2c1C(=O)N(C[C@H](O)CN1CCOCC1)CC2. The lowest BCUT2D eigenvalue weighted by Crippen LogP contribution is -2.47. The molecule has 5 rings (SSSR count). The maximum atomic E-state index is 13.3. The van der Waals surface area contributed by atoms with Crippen molar-refractivity contribution in [3.63, 3.8) is 0 Å². The van der Waals surface area contributed by atoms with Gasteiger partial charge in [-0.3, -0.25) is 14.5 Å². The molecule has 3 aliphatic rings. The number of anilines is 1. The first-order valence-corrected chi connectivity index (χ1v) is 12.0. The normalized spacial score (nSPS) is 20.7. The van der Waals surface area contributed by atoms with Crippen molar-refractivity contribution in [3.8, 4) is 0 Å². The summed E-state index contributed by atoms with van der Waals surface area (Å²) in [5.74, 6) is -0.232. The van der Waals surface area contributed by atoms with Crippen molar-refractivity contribution in [2.75, 3.05) is 51.3 Å². The molecular weight excluding hydrogens is 488 g/mol. The van der Waals surface area contributed by atoms with Crippen LogP contribution < -0.4 is 5.32 Å². The first-order valence-electron chi connectivity index (χ1n) is 11.2. The third-order valence-electron chi connectivity index (χ3n) is 6.56. The van der Waals surface area contributed by atoms with Gasteiger partial charge in [-0.2, -0.15) is 0 Å². The summed E-state index contributed by atoms with van der Waals surface area (Å²) in [5.41, 5.74) is 5.31. The maximum absolute atomic E-state index is 13.3. The van der Waals surface area contributed by atoms with Gasteiger partial charge in [0, 0.05) is 66.3 Å². The van der Waals surface area contributed by atoms with E-state index in [0.29, 0.717) is 50.4 Å². The van der Waals surface area contributed by atoms with Crippen LogP contribution in [0.25, 0.3) is 11.6 Å². The number of β-amino-alcohol motifs (C(OH)–C–C–N with tert-alkyl or cyclic N) is 1. The van der Waals surface area contributed by atoms with Gasteiger partial charge in [-0.25, -0.2) is 0 Å². The summed E-state index contributed by atoms with van der Waals surface area (Å²) < 4.78 is 6.25. The topological polar surface area (TPSA) is 97.9 Å². The molecule has 3 N–H and O–H groups in total. The van der Waals surface area contributed by atoms with Crippen LogP contribution in [0.5, 0.6) is 0 Å². The standard InChI is InChI=1S/C24H27BrN4O4/c1-14-21(11-18-17-10-15(25)2-3-19(17)27-23(18)31)26-20-4-5-29(24(32)22(14)20)13-16(30)12-28-6-8-33-9-7-28/h2-3,10-11,16,26,30H,4-9,12-13H2,1H3,(H,27,31)/t16-/m1/s1. The van der Waals surface area contributed by atoms with Crippen molar-refractivity contribution in [1.29, 1.82) is 0 Å². The summed E-state index contributed by atoms with van der Waals surface area (Å²) >= 11 is 3.47. The molecule has 2 amide bonds. The van der Waals surface area contributed by atoms with Crippen molar-refractivity contribution in [2.24, 2.45) is 0 Å². The number of fused-ring (bicyclic) bond motifs is 2. The molecule has 4 heterocycles. The Morgan fingerprint density at radius 2 is 2.00 bits per heavy atom. The van der Waals surface area contributed by atoms with Gasteiger partial charge in [0.15, 0.2) is 0 Å². The minimum atomic E-state index is -0.605. The van der Waals surface area contributed by atoms with E-state index in [0.717, 1.165) is 45.8 Å². The Hall–Kier alpha value is -2.46. The molecule has 1 saturated heterocycles. The van der Waals surface area contributed by atoms with Crippen LogP contribution >= 0.6 is 15.9 Å². The molecule has 8 nitrogen and oxygen atoms in total. The average molecular weight is 515 g/mol. The molecule has 0 bridgehead atoms. The minimum Gasteiger partial charge on any atom is -0.390 e. The second-order valence-electron chi connectivity index (χ2n) is 8.79. The lowest BCUT2D eigenvalue weighted by atomic mass is 10.0. The molecule has 1 fully saturated rings. The molecule has 0 unspecified atom stereocenters. The van der Waals surface area contributed by atoms with Crippen molar-refractivity contribution >= 4 is 45.1 Å². The Kier molecular flexibility index (Phi) is 6.13. The lowest BCUT2D eigenvalue weighted by Gasteiger charge is -2.32. The zero-order valence-corrected chi connectivity index (χ0v) is 20.1. The number of nitrogens with one attached hydrogen (secondary N) is 2. The fourth-order valence-electron chi connectivity index (χ4n) is 4.82. The lowest BCUT2D eigenvalue weighted by molar-refractivity contribution is -0.110. The average Bonchev–Trinajstić information content (AvgIpc) is 3.27. The van der Waals surface area contributed by atoms with E-state index in [4.69, 9.17) is 4.74 Å². The monoisotopic (exact) mass is 514 g/mol. The highest BCUT2D eigenvalue weighted by Crippen LogP contribution is 2.36. The number of aliphatic hydroxyl groups is 1. The largest absolute Gasteiger partial charge is 0.390 e. The molecule has 2 aromatic rings. The first kappa shape index (κ1) is 22.3. The number of hydrogen-bond acceptors (Lipinski definition) is 5. The van der Waals surface area contributed by atoms with Crippen LogP contribution in [0.3, 0.4) is 0 Å². The third kappa shape index (κ3) is 4.38. The number of ether oxygens (including phenoxy) is 1. The van der Waals surface area contributed by atoms with Gasteiger partial charge in [-0.05, 0) is 36.8 Å². The van der Waals surface area contributed by atoms with Gasteiger partial charge in [-0.1, -0.05) is 15.9 Å². The Morgan fingerprint density at radius 1 is 1.21 bits per heavy atom. The van der Waals surface area contributed by atoms with Crippen molar-refractivity contribution in [2.45, 2.75) is 19.4 Å². The molecule has 9 heteroatoms. The number of carbonyl (C=O) groups excluding carboxylic acids is 2. The Morgan fingerprint density at radius 3 is 2.79 bits per heavy atom. The van der Waals surface area contributed by atoms with Gasteiger partial charge in [0.2, 0.25) is 0 Å². The van der Waals surface area contributed by atoms with Gasteiger partial charge in [0.1, 0.15) is 0 Å². The van der Waals surface area contributed by atoms with Crippen molar-refractivity contribution in [1.82, 2.24) is 14.8 Å². The molecule has 33 heavy (non-hydrogen) atoms. The molecule has 174 valence electrons. The van der Waals surface area contributed by atoms with Crippen LogP contribution in [-0.2, 0) is 16.0 Å². The summed E-state index contributed by atoms with van der Waals surface area (Å²) in [4.78, 5) is 33.1. The number of hydrogen-bond donors (Lipinski definition) is 3. The number of aromatic amines is 1. The first-order chi connectivity index (χ1) is 15.9. The van der Waals surface area contributed by atoms with E-state index >= 15 is 0 Å². The van der Waals surface area contributed by atoms with E-state index in [1.165, 1.54) is 0 Å². The van der Waals surface area contributed by atoms with Gasteiger partial charge in [0.25, 0.3) is 11.8 Å². The predicted octanol–water partition coefficient (Wildman–Crippen LogP) is 2.27. The summed E-state index contributed by atoms with van der Waals surface area (Å²) in [7, 11) is 0. The van der Waals surface area contributed by atoms with Crippen LogP contribution in [0.2, 0.25) is 0 Å². The van der Waals surface area contributed by atoms with Gasteiger partial charge < -0.3 is 25.0 Å². The summed E-state index contributed by atoms with van der Waals surface area (Å²) in [6.45, 7) is 6.26. The van der Waals surface area contributed by atoms with E-state index in [1.54, 1.807) is 4.90 Å². The molecule has 0 saturated carbocycles. The number of aliphatic hydroxyl groups excluding tert-OH is 1. The van der Waals surface area contributed by atoms with Crippen molar-refractivity contribution < 1.29 is 19.4 Å². The van der Waals surface area contributed by atoms with Gasteiger partial charge in [-0.15, -0.1) is 0 Å². The maximum Gasteiger partial charge on any atom is 0.256 e. The number of aromatic nitrogens is 1. The number of benzene rings is 1. The molecule has 1 aromatic heterocycles. The van der Waals surface area contributed by atoms with E-state index in [-0.39, 0.29) is 11.8 Å². The van der Waals surface area contributed by atoms with Gasteiger partial charge >= 0.3 is 0 Å². The zero-order chi connectivity index (χ0) is 23.1. The minimum absolute atomic E-state index is 0.0744. The third-order valence-corrected chi connectivity index (χ3v) is 7.05. The van der Waals surface area contributed by atoms with Crippen LogP contribution in [-0.4, -0.2) is 83.7 Å². The number of carbonyl (C=O) groups is 2. The number of H-pyrrole nitrogens is 1. The van der Waals surface area contributed by atoms with Crippen LogP contribution in [0.4, 0.5) is 5.69 Å². The Bertz CT molecular complexity index is 1140. The molecular formula is C24H27BrN4O4. The second-order valence-corrected chi connectivity index (χ2v) is 9.70. The predicted molar refractivity (Wildman–Crippen MR) is 129 cm³/mol. The van der Waals surface area contributed by atoms with E-state index < -0.39 is 6.10 Å². The number of morpholine rings is 1. The van der Waals surface area contributed by atoms with Crippen LogP contribution in [0.15, 0.2) is 22.7 Å². The summed E-state index contributed by atoms with van der Waals surface area (Å²) in [5, 5.41) is 13.5.